The summed E-state index contributed by atoms with van der Waals surface area (Å²) in [5, 5.41) is 0.534. The van der Waals surface area contributed by atoms with E-state index in [1.807, 2.05) is 13.1 Å². The molecule has 1 aromatic carbocycles. The molecule has 118 valence electrons. The van der Waals surface area contributed by atoms with Crippen molar-refractivity contribution in [2.24, 2.45) is 5.92 Å². The lowest BCUT2D eigenvalue weighted by atomic mass is 9.97. The van der Waals surface area contributed by atoms with Crippen molar-refractivity contribution in [3.63, 3.8) is 0 Å². The van der Waals surface area contributed by atoms with Crippen LogP contribution in [0.2, 0.25) is 0 Å². The molecular weight excluding hydrogens is 284 g/mol. The Morgan fingerprint density at radius 2 is 2.18 bits per heavy atom. The van der Waals surface area contributed by atoms with Gasteiger partial charge in [-0.1, -0.05) is 0 Å². The average Bonchev–Trinajstić information content (AvgIpc) is 2.46. The van der Waals surface area contributed by atoms with E-state index < -0.39 is 11.6 Å². The molecule has 1 atom stereocenters. The molecule has 22 heavy (non-hydrogen) atoms. The molecule has 1 saturated heterocycles. The van der Waals surface area contributed by atoms with Gasteiger partial charge in [0.15, 0.2) is 5.82 Å². The summed E-state index contributed by atoms with van der Waals surface area (Å²) in [5.41, 5.74) is 1.06. The van der Waals surface area contributed by atoms with E-state index in [4.69, 9.17) is 0 Å². The highest BCUT2D eigenvalue weighted by Crippen LogP contribution is 2.28. The first-order chi connectivity index (χ1) is 10.5. The van der Waals surface area contributed by atoms with E-state index in [2.05, 4.69) is 21.8 Å². The van der Waals surface area contributed by atoms with Gasteiger partial charge in [-0.2, -0.15) is 0 Å². The van der Waals surface area contributed by atoms with Crippen molar-refractivity contribution in [3.8, 4) is 0 Å². The first-order valence-electron chi connectivity index (χ1n) is 7.68. The van der Waals surface area contributed by atoms with Crippen molar-refractivity contribution in [2.75, 3.05) is 38.6 Å². The lowest BCUT2D eigenvalue weighted by Gasteiger charge is -2.33. The molecule has 5 heteroatoms. The number of rotatable bonds is 3. The number of hydrogen-bond donors (Lipinski definition) is 0. The fourth-order valence-electron chi connectivity index (χ4n) is 3.41. The highest BCUT2D eigenvalue weighted by atomic mass is 19.1. The standard InChI is InChI=1S/C17H21F2N3/c1-21-7-3-4-12(10-21)11-22(2)16-5-6-20-17-14(16)8-13(18)9-15(17)19/h5-6,8-9,12H,3-4,7,10-11H2,1-2H3. The number of fused-ring (bicyclic) bond motifs is 1. The van der Waals surface area contributed by atoms with Crippen LogP contribution < -0.4 is 4.90 Å². The van der Waals surface area contributed by atoms with Crippen LogP contribution in [0.15, 0.2) is 24.4 Å². The fraction of sp³-hybridized carbons (Fsp3) is 0.471. The molecule has 1 aliphatic heterocycles. The van der Waals surface area contributed by atoms with Gasteiger partial charge in [-0.05, 0) is 44.5 Å². The molecule has 3 nitrogen and oxygen atoms in total. The highest BCUT2D eigenvalue weighted by Gasteiger charge is 2.20. The van der Waals surface area contributed by atoms with Gasteiger partial charge in [0.2, 0.25) is 0 Å². The molecule has 3 rings (SSSR count). The SMILES string of the molecule is CN1CCCC(CN(C)c2ccnc3c(F)cc(F)cc23)C1. The molecule has 2 aromatic rings. The van der Waals surface area contributed by atoms with Crippen LogP contribution in [-0.2, 0) is 0 Å². The number of likely N-dealkylation sites (tertiary alicyclic amines) is 1. The summed E-state index contributed by atoms with van der Waals surface area (Å²) in [6, 6.07) is 4.08. The lowest BCUT2D eigenvalue weighted by Crippen LogP contribution is -2.38. The Kier molecular flexibility index (Phi) is 4.25. The van der Waals surface area contributed by atoms with E-state index in [9.17, 15) is 8.78 Å². The second kappa shape index (κ2) is 6.16. The van der Waals surface area contributed by atoms with Gasteiger partial charge < -0.3 is 9.80 Å². The number of piperidine rings is 1. The zero-order valence-electron chi connectivity index (χ0n) is 13.0. The number of nitrogens with zero attached hydrogens (tertiary/aromatic N) is 3. The third kappa shape index (κ3) is 3.04. The van der Waals surface area contributed by atoms with Gasteiger partial charge >= 0.3 is 0 Å². The van der Waals surface area contributed by atoms with Gasteiger partial charge in [-0.3, -0.25) is 4.98 Å². The van der Waals surface area contributed by atoms with Crippen LogP contribution in [0.4, 0.5) is 14.5 Å². The van der Waals surface area contributed by atoms with E-state index >= 15 is 0 Å². The minimum absolute atomic E-state index is 0.228. The molecule has 1 aliphatic rings. The summed E-state index contributed by atoms with van der Waals surface area (Å²) in [5.74, 6) is -0.599. The molecule has 2 heterocycles. The number of pyridine rings is 1. The largest absolute Gasteiger partial charge is 0.374 e. The number of hydrogen-bond acceptors (Lipinski definition) is 3. The molecule has 1 aromatic heterocycles. The fourth-order valence-corrected chi connectivity index (χ4v) is 3.41. The predicted molar refractivity (Wildman–Crippen MR) is 85.2 cm³/mol. The summed E-state index contributed by atoms with van der Waals surface area (Å²) in [4.78, 5) is 8.48. The van der Waals surface area contributed by atoms with Crippen LogP contribution in [-0.4, -0.2) is 43.6 Å². The molecule has 0 amide bonds. The molecule has 0 bridgehead atoms. The van der Waals surface area contributed by atoms with Crippen molar-refractivity contribution in [3.05, 3.63) is 36.0 Å². The molecular formula is C17H21F2N3. The van der Waals surface area contributed by atoms with E-state index in [-0.39, 0.29) is 5.52 Å². The second-order valence-electron chi connectivity index (χ2n) is 6.26. The van der Waals surface area contributed by atoms with Gasteiger partial charge in [-0.15, -0.1) is 0 Å². The normalized spacial score (nSPS) is 19.5. The Bertz CT molecular complexity index is 674. The van der Waals surface area contributed by atoms with Crippen molar-refractivity contribution in [1.82, 2.24) is 9.88 Å². The van der Waals surface area contributed by atoms with E-state index in [0.29, 0.717) is 11.3 Å². The van der Waals surface area contributed by atoms with E-state index in [0.717, 1.165) is 31.4 Å². The number of benzene rings is 1. The third-order valence-electron chi connectivity index (χ3n) is 4.41. The van der Waals surface area contributed by atoms with Crippen molar-refractivity contribution < 1.29 is 8.78 Å². The van der Waals surface area contributed by atoms with Crippen molar-refractivity contribution in [1.29, 1.82) is 0 Å². The van der Waals surface area contributed by atoms with Crippen LogP contribution in [0, 0.1) is 17.6 Å². The van der Waals surface area contributed by atoms with Crippen LogP contribution in [0.1, 0.15) is 12.8 Å². The Hall–Kier alpha value is -1.75. The summed E-state index contributed by atoms with van der Waals surface area (Å²) in [6.07, 6.45) is 3.98. The van der Waals surface area contributed by atoms with E-state index in [1.54, 1.807) is 6.20 Å². The van der Waals surface area contributed by atoms with Crippen molar-refractivity contribution >= 4 is 16.6 Å². The highest BCUT2D eigenvalue weighted by molar-refractivity contribution is 5.91. The molecule has 0 N–H and O–H groups in total. The van der Waals surface area contributed by atoms with Gasteiger partial charge in [0.25, 0.3) is 0 Å². The molecule has 0 spiro atoms. The molecule has 0 saturated carbocycles. The summed E-state index contributed by atoms with van der Waals surface area (Å²) in [6.45, 7) is 3.09. The quantitative estimate of drug-likeness (QED) is 0.867. The van der Waals surface area contributed by atoms with Gasteiger partial charge in [0.1, 0.15) is 11.3 Å². The summed E-state index contributed by atoms with van der Waals surface area (Å²) >= 11 is 0. The maximum Gasteiger partial charge on any atom is 0.152 e. The lowest BCUT2D eigenvalue weighted by molar-refractivity contribution is 0.213. The first-order valence-corrected chi connectivity index (χ1v) is 7.68. The average molecular weight is 305 g/mol. The Morgan fingerprint density at radius 1 is 1.36 bits per heavy atom. The van der Waals surface area contributed by atoms with Crippen LogP contribution in [0.3, 0.4) is 0 Å². The summed E-state index contributed by atoms with van der Waals surface area (Å²) < 4.78 is 27.4. The number of anilines is 1. The zero-order valence-corrected chi connectivity index (χ0v) is 13.0. The van der Waals surface area contributed by atoms with Gasteiger partial charge in [-0.25, -0.2) is 8.78 Å². The summed E-state index contributed by atoms with van der Waals surface area (Å²) in [7, 11) is 4.12. The maximum atomic E-state index is 13.9. The predicted octanol–water partition coefficient (Wildman–Crippen LogP) is 3.29. The third-order valence-corrected chi connectivity index (χ3v) is 4.41. The second-order valence-corrected chi connectivity index (χ2v) is 6.26. The molecule has 1 fully saturated rings. The van der Waals surface area contributed by atoms with Gasteiger partial charge in [0.05, 0.1) is 0 Å². The smallest absolute Gasteiger partial charge is 0.152 e. The minimum Gasteiger partial charge on any atom is -0.374 e. The maximum absolute atomic E-state index is 13.9. The Morgan fingerprint density at radius 3 is 2.95 bits per heavy atom. The van der Waals surface area contributed by atoms with Crippen LogP contribution in [0.5, 0.6) is 0 Å². The van der Waals surface area contributed by atoms with Crippen LogP contribution >= 0.6 is 0 Å². The topological polar surface area (TPSA) is 19.4 Å². The molecule has 1 unspecified atom stereocenters. The molecule has 0 aliphatic carbocycles. The Balaban J connectivity index is 1.89. The first kappa shape index (κ1) is 15.2. The monoisotopic (exact) mass is 305 g/mol. The number of aromatic nitrogens is 1. The molecule has 0 radical (unpaired) electrons. The van der Waals surface area contributed by atoms with Crippen LogP contribution in [0.25, 0.3) is 10.9 Å². The zero-order chi connectivity index (χ0) is 15.7. The van der Waals surface area contributed by atoms with Crippen molar-refractivity contribution in [2.45, 2.75) is 12.8 Å². The van der Waals surface area contributed by atoms with Gasteiger partial charge in [0, 0.05) is 43.5 Å². The Labute approximate surface area is 129 Å². The number of halogens is 2. The minimum atomic E-state index is -0.609. The van der Waals surface area contributed by atoms with E-state index in [1.165, 1.54) is 18.9 Å².